The molecule has 0 heterocycles. The molecule has 0 saturated carbocycles. The van der Waals surface area contributed by atoms with Gasteiger partial charge < -0.3 is 16.0 Å². The largest absolute Gasteiger partial charge is 0.338 e. The second-order valence-corrected chi connectivity index (χ2v) is 4.26. The van der Waals surface area contributed by atoms with Gasteiger partial charge in [0.1, 0.15) is 0 Å². The third-order valence-corrected chi connectivity index (χ3v) is 2.22. The first kappa shape index (κ1) is 20.7. The van der Waals surface area contributed by atoms with E-state index >= 15 is 0 Å². The Bertz CT molecular complexity index is 329. The van der Waals surface area contributed by atoms with Crippen molar-refractivity contribution in [1.82, 2.24) is 21.3 Å². The fourth-order valence-electron chi connectivity index (χ4n) is 1.02. The molecule has 0 saturated heterocycles. The van der Waals surface area contributed by atoms with Crippen LogP contribution >= 0.6 is 0 Å². The summed E-state index contributed by atoms with van der Waals surface area (Å²) in [5.41, 5.74) is 0.537. The molecular formula is C14H28N4O2. The fourth-order valence-corrected chi connectivity index (χ4v) is 1.02. The van der Waals surface area contributed by atoms with Gasteiger partial charge in [-0.05, 0) is 40.4 Å². The number of hydrogen-bond acceptors (Lipinski definition) is 4. The van der Waals surface area contributed by atoms with Crippen molar-refractivity contribution in [3.8, 4) is 0 Å². The van der Waals surface area contributed by atoms with Crippen molar-refractivity contribution in [3.63, 3.8) is 0 Å². The number of carbonyl (C=O) groups excluding carboxylic acids is 2. The van der Waals surface area contributed by atoms with Crippen LogP contribution in [0.25, 0.3) is 0 Å². The van der Waals surface area contributed by atoms with Crippen LogP contribution in [0.4, 0.5) is 0 Å². The SMILES string of the molecule is C=C(C)C(=O)NC(C)NCC.C=CC(=O)NC(C)NC. The van der Waals surface area contributed by atoms with E-state index in [0.717, 1.165) is 6.54 Å². The maximum Gasteiger partial charge on any atom is 0.247 e. The molecule has 6 nitrogen and oxygen atoms in total. The molecule has 0 aromatic heterocycles. The van der Waals surface area contributed by atoms with Crippen LogP contribution in [0.1, 0.15) is 27.7 Å². The van der Waals surface area contributed by atoms with E-state index in [0.29, 0.717) is 5.57 Å². The van der Waals surface area contributed by atoms with Crippen LogP contribution in [0.15, 0.2) is 24.8 Å². The highest BCUT2D eigenvalue weighted by Gasteiger charge is 2.04. The average Bonchev–Trinajstić information content (AvgIpc) is 2.39. The van der Waals surface area contributed by atoms with E-state index in [2.05, 4.69) is 34.4 Å². The minimum atomic E-state index is -0.156. The summed E-state index contributed by atoms with van der Waals surface area (Å²) < 4.78 is 0. The van der Waals surface area contributed by atoms with E-state index in [1.807, 2.05) is 20.8 Å². The highest BCUT2D eigenvalue weighted by atomic mass is 16.2. The van der Waals surface area contributed by atoms with Gasteiger partial charge in [0, 0.05) is 5.57 Å². The summed E-state index contributed by atoms with van der Waals surface area (Å²) in [5, 5.41) is 11.3. The van der Waals surface area contributed by atoms with E-state index < -0.39 is 0 Å². The monoisotopic (exact) mass is 284 g/mol. The second-order valence-electron chi connectivity index (χ2n) is 4.26. The Hall–Kier alpha value is -1.66. The van der Waals surface area contributed by atoms with Crippen LogP contribution in [0, 0.1) is 0 Å². The van der Waals surface area contributed by atoms with Gasteiger partial charge in [-0.1, -0.05) is 20.1 Å². The van der Waals surface area contributed by atoms with Crippen LogP contribution in [0.5, 0.6) is 0 Å². The van der Waals surface area contributed by atoms with E-state index in [-0.39, 0.29) is 24.1 Å². The first-order chi connectivity index (χ1) is 9.28. The third kappa shape index (κ3) is 12.8. The van der Waals surface area contributed by atoms with Crippen LogP contribution in [0.2, 0.25) is 0 Å². The molecule has 6 heteroatoms. The molecule has 0 spiro atoms. The number of hydrogen-bond donors (Lipinski definition) is 4. The minimum Gasteiger partial charge on any atom is -0.338 e. The van der Waals surface area contributed by atoms with Crippen molar-refractivity contribution < 1.29 is 9.59 Å². The Balaban J connectivity index is 0. The molecule has 116 valence electrons. The topological polar surface area (TPSA) is 82.3 Å². The lowest BCUT2D eigenvalue weighted by Crippen LogP contribution is -2.43. The minimum absolute atomic E-state index is 0.00972. The Morgan fingerprint density at radius 3 is 2.10 bits per heavy atom. The molecular weight excluding hydrogens is 256 g/mol. The molecule has 0 fully saturated rings. The Kier molecular flexibility index (Phi) is 12.8. The highest BCUT2D eigenvalue weighted by Crippen LogP contribution is 1.86. The van der Waals surface area contributed by atoms with Crippen LogP contribution in [-0.2, 0) is 9.59 Å². The summed E-state index contributed by atoms with van der Waals surface area (Å²) >= 11 is 0. The number of carbonyl (C=O) groups is 2. The molecule has 0 aromatic carbocycles. The van der Waals surface area contributed by atoms with Crippen LogP contribution in [-0.4, -0.2) is 37.7 Å². The van der Waals surface area contributed by atoms with Gasteiger partial charge in [0.15, 0.2) is 0 Å². The zero-order valence-electron chi connectivity index (χ0n) is 13.2. The highest BCUT2D eigenvalue weighted by molar-refractivity contribution is 5.92. The predicted octanol–water partition coefficient (Wildman–Crippen LogP) is 0.488. The predicted molar refractivity (Wildman–Crippen MR) is 83.0 cm³/mol. The molecule has 0 aliphatic rings. The zero-order chi connectivity index (χ0) is 16.1. The van der Waals surface area contributed by atoms with Gasteiger partial charge in [0.05, 0.1) is 12.3 Å². The molecule has 2 unspecified atom stereocenters. The first-order valence-corrected chi connectivity index (χ1v) is 6.58. The summed E-state index contributed by atoms with van der Waals surface area (Å²) in [5.74, 6) is -0.254. The lowest BCUT2D eigenvalue weighted by Gasteiger charge is -2.13. The standard InChI is InChI=1S/C8H16N2O.C6H12N2O/c1-5-9-7(4)10-8(11)6(2)3;1-4-6(9)8-5(2)7-3/h7,9H,2,5H2,1,3-4H3,(H,10,11);4-5,7H,1H2,2-3H3,(H,8,9). The van der Waals surface area contributed by atoms with Crippen LogP contribution in [0.3, 0.4) is 0 Å². The fraction of sp³-hybridized carbons (Fsp3) is 0.571. The number of nitrogens with one attached hydrogen (secondary N) is 4. The van der Waals surface area contributed by atoms with E-state index in [1.54, 1.807) is 14.0 Å². The molecule has 0 aliphatic carbocycles. The van der Waals surface area contributed by atoms with Crippen molar-refractivity contribution in [1.29, 1.82) is 0 Å². The normalized spacial score (nSPS) is 12.2. The zero-order valence-corrected chi connectivity index (χ0v) is 13.2. The molecule has 0 aliphatic heterocycles. The van der Waals surface area contributed by atoms with Crippen molar-refractivity contribution in [2.24, 2.45) is 0 Å². The van der Waals surface area contributed by atoms with Crippen molar-refractivity contribution >= 4 is 11.8 Å². The quantitative estimate of drug-likeness (QED) is 0.405. The molecule has 0 radical (unpaired) electrons. The molecule has 0 aromatic rings. The summed E-state index contributed by atoms with van der Waals surface area (Å²) in [6.07, 6.45) is 1.27. The maximum atomic E-state index is 11.0. The smallest absolute Gasteiger partial charge is 0.247 e. The lowest BCUT2D eigenvalue weighted by atomic mass is 10.3. The maximum absolute atomic E-state index is 11.0. The summed E-state index contributed by atoms with van der Waals surface area (Å²) in [6, 6.07) is 0. The average molecular weight is 284 g/mol. The van der Waals surface area contributed by atoms with Gasteiger partial charge in [-0.25, -0.2) is 0 Å². The van der Waals surface area contributed by atoms with E-state index in [4.69, 9.17) is 0 Å². The van der Waals surface area contributed by atoms with Gasteiger partial charge >= 0.3 is 0 Å². The van der Waals surface area contributed by atoms with E-state index in [1.165, 1.54) is 6.08 Å². The van der Waals surface area contributed by atoms with Gasteiger partial charge in [0.2, 0.25) is 11.8 Å². The molecule has 0 bridgehead atoms. The van der Waals surface area contributed by atoms with Gasteiger partial charge in [-0.15, -0.1) is 0 Å². The molecule has 20 heavy (non-hydrogen) atoms. The van der Waals surface area contributed by atoms with Gasteiger partial charge in [-0.2, -0.15) is 0 Å². The third-order valence-electron chi connectivity index (χ3n) is 2.22. The Labute approximate surface area is 122 Å². The summed E-state index contributed by atoms with van der Waals surface area (Å²) in [6.45, 7) is 15.1. The van der Waals surface area contributed by atoms with Gasteiger partial charge in [-0.3, -0.25) is 14.9 Å². The Morgan fingerprint density at radius 2 is 1.75 bits per heavy atom. The lowest BCUT2D eigenvalue weighted by molar-refractivity contribution is -0.118. The molecule has 2 atom stereocenters. The van der Waals surface area contributed by atoms with Crippen LogP contribution < -0.4 is 21.3 Å². The Morgan fingerprint density at radius 1 is 1.20 bits per heavy atom. The van der Waals surface area contributed by atoms with Crippen molar-refractivity contribution in [2.45, 2.75) is 40.0 Å². The first-order valence-electron chi connectivity index (χ1n) is 6.58. The number of rotatable bonds is 7. The number of amides is 2. The second kappa shape index (κ2) is 12.4. The van der Waals surface area contributed by atoms with Crippen molar-refractivity contribution in [2.75, 3.05) is 13.6 Å². The molecule has 2 amide bonds. The molecule has 0 rings (SSSR count). The van der Waals surface area contributed by atoms with Crippen molar-refractivity contribution in [3.05, 3.63) is 24.8 Å². The summed E-state index contributed by atoms with van der Waals surface area (Å²) in [4.78, 5) is 21.5. The van der Waals surface area contributed by atoms with Gasteiger partial charge in [0.25, 0.3) is 0 Å². The molecule has 4 N–H and O–H groups in total. The van der Waals surface area contributed by atoms with E-state index in [9.17, 15) is 9.59 Å². The summed E-state index contributed by atoms with van der Waals surface area (Å²) in [7, 11) is 1.77.